The highest BCUT2D eigenvalue weighted by Crippen LogP contribution is 2.21. The van der Waals surface area contributed by atoms with Crippen LogP contribution in [0.3, 0.4) is 0 Å². The van der Waals surface area contributed by atoms with Crippen molar-refractivity contribution in [3.8, 4) is 11.3 Å². The van der Waals surface area contributed by atoms with Crippen molar-refractivity contribution in [1.29, 1.82) is 0 Å². The number of aromatic nitrogens is 3. The topological polar surface area (TPSA) is 77.2 Å². The number of carbonyl (C=O) groups excluding carboxylic acids is 1. The summed E-state index contributed by atoms with van der Waals surface area (Å²) < 4.78 is 26.3. The van der Waals surface area contributed by atoms with Crippen LogP contribution in [0.25, 0.3) is 11.3 Å². The van der Waals surface area contributed by atoms with Crippen LogP contribution in [0.2, 0.25) is 0 Å². The Morgan fingerprint density at radius 2 is 2.13 bits per heavy atom. The molecule has 2 aromatic heterocycles. The van der Waals surface area contributed by atoms with Crippen LogP contribution in [0.4, 0.5) is 8.78 Å². The minimum atomic E-state index is -1.03. The average Bonchev–Trinajstić information content (AvgIpc) is 3.19. The van der Waals surface area contributed by atoms with E-state index in [4.69, 9.17) is 4.84 Å². The molecule has 0 unspecified atom stereocenters. The van der Waals surface area contributed by atoms with Crippen LogP contribution in [-0.4, -0.2) is 26.0 Å². The van der Waals surface area contributed by atoms with E-state index in [2.05, 4.69) is 10.1 Å². The second kappa shape index (κ2) is 6.23. The zero-order valence-electron chi connectivity index (χ0n) is 11.4. The van der Waals surface area contributed by atoms with Crippen LogP contribution in [0.5, 0.6) is 0 Å². The van der Waals surface area contributed by atoms with Crippen molar-refractivity contribution in [1.82, 2.24) is 14.9 Å². The Morgan fingerprint density at radius 3 is 2.78 bits per heavy atom. The number of benzene rings is 1. The molecule has 3 aromatic rings. The molecule has 9 heteroatoms. The fourth-order valence-electron chi connectivity index (χ4n) is 1.82. The molecule has 118 valence electrons. The summed E-state index contributed by atoms with van der Waals surface area (Å²) in [4.78, 5) is 21.5. The van der Waals surface area contributed by atoms with E-state index in [0.717, 1.165) is 17.0 Å². The molecule has 0 bridgehead atoms. The molecule has 0 aliphatic carbocycles. The summed E-state index contributed by atoms with van der Waals surface area (Å²) in [5, 5.41) is 14.8. The van der Waals surface area contributed by atoms with Gasteiger partial charge in [-0.2, -0.15) is 0 Å². The van der Waals surface area contributed by atoms with Gasteiger partial charge in [0, 0.05) is 10.9 Å². The van der Waals surface area contributed by atoms with Gasteiger partial charge >= 0.3 is 5.97 Å². The van der Waals surface area contributed by atoms with E-state index in [-0.39, 0.29) is 22.6 Å². The summed E-state index contributed by atoms with van der Waals surface area (Å²) >= 11 is 1.23. The first kappa shape index (κ1) is 15.3. The molecule has 0 aliphatic heterocycles. The lowest BCUT2D eigenvalue weighted by Gasteiger charge is -2.03. The predicted octanol–water partition coefficient (Wildman–Crippen LogP) is 2.05. The third-order valence-corrected chi connectivity index (χ3v) is 3.52. The second-order valence-electron chi connectivity index (χ2n) is 4.43. The highest BCUT2D eigenvalue weighted by molar-refractivity contribution is 7.07. The van der Waals surface area contributed by atoms with Gasteiger partial charge in [0.15, 0.2) is 17.3 Å². The van der Waals surface area contributed by atoms with Crippen LogP contribution < -0.4 is 4.84 Å². The zero-order chi connectivity index (χ0) is 16.4. The quantitative estimate of drug-likeness (QED) is 0.788. The van der Waals surface area contributed by atoms with Gasteiger partial charge in [-0.1, -0.05) is 4.85 Å². The number of hydrogen-bond donors (Lipinski definition) is 1. The monoisotopic (exact) mass is 337 g/mol. The first-order valence-electron chi connectivity index (χ1n) is 6.34. The molecule has 0 aliphatic rings. The van der Waals surface area contributed by atoms with Gasteiger partial charge in [0.1, 0.15) is 5.69 Å². The van der Waals surface area contributed by atoms with Crippen LogP contribution in [0, 0.1) is 11.6 Å². The molecular formula is C14H9F2N3O3S. The van der Waals surface area contributed by atoms with E-state index in [1.807, 2.05) is 0 Å². The maximum atomic E-state index is 13.3. The number of nitrogens with zero attached hydrogens (tertiary/aromatic N) is 3. The molecule has 1 N–H and O–H groups in total. The average molecular weight is 337 g/mol. The lowest BCUT2D eigenvalue weighted by molar-refractivity contribution is 0.0351. The number of aliphatic hydroxyl groups excluding tert-OH is 1. The second-order valence-corrected chi connectivity index (χ2v) is 5.15. The largest absolute Gasteiger partial charge is 0.390 e. The molecular weight excluding hydrogens is 328 g/mol. The Kier molecular flexibility index (Phi) is 4.13. The van der Waals surface area contributed by atoms with Gasteiger partial charge in [-0.3, -0.25) is 0 Å². The third kappa shape index (κ3) is 3.10. The Morgan fingerprint density at radius 1 is 1.30 bits per heavy atom. The molecule has 23 heavy (non-hydrogen) atoms. The summed E-state index contributed by atoms with van der Waals surface area (Å²) in [5.41, 5.74) is 2.25. The fraction of sp³-hybridized carbons (Fsp3) is 0.0714. The predicted molar refractivity (Wildman–Crippen MR) is 76.5 cm³/mol. The van der Waals surface area contributed by atoms with Crippen LogP contribution >= 0.6 is 11.3 Å². The molecule has 0 atom stereocenters. The molecule has 0 spiro atoms. The lowest BCUT2D eigenvalue weighted by Crippen LogP contribution is -2.23. The highest BCUT2D eigenvalue weighted by Gasteiger charge is 2.16. The Balaban J connectivity index is 1.91. The highest BCUT2D eigenvalue weighted by atomic mass is 32.1. The molecule has 0 fully saturated rings. The van der Waals surface area contributed by atoms with Crippen molar-refractivity contribution in [2.75, 3.05) is 0 Å². The Hall–Kier alpha value is -2.65. The number of rotatable bonds is 4. The third-order valence-electron chi connectivity index (χ3n) is 2.94. The van der Waals surface area contributed by atoms with Crippen LogP contribution in [0.15, 0.2) is 35.2 Å². The zero-order valence-corrected chi connectivity index (χ0v) is 12.3. The number of halogens is 2. The summed E-state index contributed by atoms with van der Waals surface area (Å²) in [6, 6.07) is 4.66. The molecule has 1 aromatic carbocycles. The minimum absolute atomic E-state index is 0.101. The van der Waals surface area contributed by atoms with Crippen molar-refractivity contribution in [2.24, 2.45) is 0 Å². The van der Waals surface area contributed by atoms with E-state index in [9.17, 15) is 18.7 Å². The van der Waals surface area contributed by atoms with E-state index in [1.165, 1.54) is 34.4 Å². The summed E-state index contributed by atoms with van der Waals surface area (Å²) in [6.45, 7) is -0.457. The van der Waals surface area contributed by atoms with Crippen molar-refractivity contribution in [3.63, 3.8) is 0 Å². The summed E-state index contributed by atoms with van der Waals surface area (Å²) in [7, 11) is 0. The molecule has 0 saturated heterocycles. The van der Waals surface area contributed by atoms with Gasteiger partial charge in [-0.15, -0.1) is 16.4 Å². The molecule has 0 saturated carbocycles. The van der Waals surface area contributed by atoms with Gasteiger partial charge in [0.2, 0.25) is 0 Å². The van der Waals surface area contributed by atoms with Crippen LogP contribution in [-0.2, 0) is 6.61 Å². The number of carbonyl (C=O) groups is 1. The lowest BCUT2D eigenvalue weighted by atomic mass is 10.1. The SMILES string of the molecule is O=C(On1nc(-c2ccc(F)c(F)c2)cc1CO)c1cscn1. The Labute approximate surface area is 132 Å². The van der Waals surface area contributed by atoms with Gasteiger partial charge in [-0.05, 0) is 24.3 Å². The smallest absolute Gasteiger partial charge is 0.384 e. The maximum Gasteiger partial charge on any atom is 0.384 e. The minimum Gasteiger partial charge on any atom is -0.390 e. The normalized spacial score (nSPS) is 10.7. The van der Waals surface area contributed by atoms with Crippen molar-refractivity contribution < 1.29 is 23.5 Å². The number of thiazole rings is 1. The fourth-order valence-corrected chi connectivity index (χ4v) is 2.35. The van der Waals surface area contributed by atoms with E-state index in [1.54, 1.807) is 0 Å². The van der Waals surface area contributed by atoms with E-state index < -0.39 is 24.2 Å². The summed E-state index contributed by atoms with van der Waals surface area (Å²) in [6.07, 6.45) is 0. The molecule has 0 radical (unpaired) electrons. The van der Waals surface area contributed by atoms with Crippen molar-refractivity contribution >= 4 is 17.3 Å². The van der Waals surface area contributed by atoms with Gasteiger partial charge in [-0.25, -0.2) is 18.6 Å². The van der Waals surface area contributed by atoms with Gasteiger partial charge in [0.05, 0.1) is 17.8 Å². The summed E-state index contributed by atoms with van der Waals surface area (Å²) in [5.74, 6) is -2.76. The van der Waals surface area contributed by atoms with E-state index >= 15 is 0 Å². The van der Waals surface area contributed by atoms with Crippen LogP contribution in [0.1, 0.15) is 16.2 Å². The van der Waals surface area contributed by atoms with E-state index in [0.29, 0.717) is 0 Å². The standard InChI is InChI=1S/C14H9F2N3O3S/c15-10-2-1-8(3-11(10)16)12-4-9(5-20)19(18-12)22-14(21)13-6-23-7-17-13/h1-4,6-7,20H,5H2. The van der Waals surface area contributed by atoms with Gasteiger partial charge in [0.25, 0.3) is 0 Å². The van der Waals surface area contributed by atoms with Crippen molar-refractivity contribution in [2.45, 2.75) is 6.61 Å². The van der Waals surface area contributed by atoms with Gasteiger partial charge < -0.3 is 9.94 Å². The molecule has 6 nitrogen and oxygen atoms in total. The number of aliphatic hydroxyl groups is 1. The molecule has 0 amide bonds. The Bertz CT molecular complexity index is 849. The number of hydrogen-bond acceptors (Lipinski definition) is 6. The molecule has 3 rings (SSSR count). The molecule has 2 heterocycles. The maximum absolute atomic E-state index is 13.3. The van der Waals surface area contributed by atoms with Crippen molar-refractivity contribution in [3.05, 3.63) is 58.2 Å². The first-order valence-corrected chi connectivity index (χ1v) is 7.29. The first-order chi connectivity index (χ1) is 11.1.